The summed E-state index contributed by atoms with van der Waals surface area (Å²) >= 11 is 0. The fourth-order valence-corrected chi connectivity index (χ4v) is 3.61. The van der Waals surface area contributed by atoms with Crippen molar-refractivity contribution in [2.75, 3.05) is 13.2 Å². The molecule has 0 fully saturated rings. The van der Waals surface area contributed by atoms with Gasteiger partial charge in [-0.1, -0.05) is 55.5 Å². The highest BCUT2D eigenvalue weighted by Gasteiger charge is 2.15. The molecule has 4 aromatic rings. The molecule has 0 aliphatic carbocycles. The Morgan fingerprint density at radius 3 is 2.51 bits per heavy atom. The van der Waals surface area contributed by atoms with Gasteiger partial charge in [0.05, 0.1) is 0 Å². The summed E-state index contributed by atoms with van der Waals surface area (Å²) in [5, 5.41) is 3.28. The molecule has 0 aliphatic heterocycles. The Hall–Kier alpha value is -4.39. The van der Waals surface area contributed by atoms with Crippen molar-refractivity contribution in [3.63, 3.8) is 0 Å². The minimum absolute atomic E-state index is 0.0849. The third kappa shape index (κ3) is 6.14. The molecule has 35 heavy (non-hydrogen) atoms. The number of aryl methyl sites for hydroxylation is 1. The van der Waals surface area contributed by atoms with Gasteiger partial charge in [0.2, 0.25) is 0 Å². The monoisotopic (exact) mass is 471 g/mol. The molecule has 1 amide bonds. The van der Waals surface area contributed by atoms with Crippen molar-refractivity contribution in [1.82, 2.24) is 5.32 Å². The number of carbonyl (C=O) groups excluding carboxylic acids is 2. The molecule has 0 bridgehead atoms. The van der Waals surface area contributed by atoms with Crippen LogP contribution in [0.2, 0.25) is 0 Å². The molecule has 1 aromatic heterocycles. The SMILES string of the molecule is CCc1ccccc1OCC(=O)Oc1ccc2cc(C(=O)NCCc3ccccc3)c(=O)oc2c1. The number of ether oxygens (including phenoxy) is 2. The lowest BCUT2D eigenvalue weighted by atomic mass is 10.1. The van der Waals surface area contributed by atoms with Gasteiger partial charge in [-0.2, -0.15) is 0 Å². The van der Waals surface area contributed by atoms with Gasteiger partial charge in [-0.15, -0.1) is 0 Å². The molecule has 0 aliphatic rings. The van der Waals surface area contributed by atoms with Crippen LogP contribution in [0, 0.1) is 0 Å². The zero-order chi connectivity index (χ0) is 24.6. The lowest BCUT2D eigenvalue weighted by Gasteiger charge is -2.10. The highest BCUT2D eigenvalue weighted by molar-refractivity contribution is 5.96. The average Bonchev–Trinajstić information content (AvgIpc) is 2.87. The van der Waals surface area contributed by atoms with E-state index in [-0.39, 0.29) is 23.5 Å². The van der Waals surface area contributed by atoms with E-state index in [0.717, 1.165) is 17.5 Å². The van der Waals surface area contributed by atoms with Crippen LogP contribution in [0.15, 0.2) is 88.1 Å². The molecule has 0 saturated heterocycles. The van der Waals surface area contributed by atoms with Crippen LogP contribution < -0.4 is 20.4 Å². The lowest BCUT2D eigenvalue weighted by Crippen LogP contribution is -2.29. The van der Waals surface area contributed by atoms with E-state index in [4.69, 9.17) is 13.9 Å². The first-order valence-electron chi connectivity index (χ1n) is 11.3. The number of esters is 1. The number of amides is 1. The number of nitrogens with one attached hydrogen (secondary N) is 1. The van der Waals surface area contributed by atoms with Gasteiger partial charge in [0.1, 0.15) is 22.6 Å². The first-order valence-corrected chi connectivity index (χ1v) is 11.3. The second-order valence-corrected chi connectivity index (χ2v) is 7.86. The number of hydrogen-bond acceptors (Lipinski definition) is 6. The van der Waals surface area contributed by atoms with Gasteiger partial charge in [0.25, 0.3) is 5.91 Å². The van der Waals surface area contributed by atoms with E-state index < -0.39 is 17.5 Å². The third-order valence-corrected chi connectivity index (χ3v) is 5.42. The van der Waals surface area contributed by atoms with Crippen molar-refractivity contribution in [1.29, 1.82) is 0 Å². The van der Waals surface area contributed by atoms with Crippen molar-refractivity contribution in [3.05, 3.63) is 106 Å². The van der Waals surface area contributed by atoms with Gasteiger partial charge in [-0.25, -0.2) is 9.59 Å². The van der Waals surface area contributed by atoms with E-state index in [0.29, 0.717) is 24.1 Å². The van der Waals surface area contributed by atoms with Crippen LogP contribution in [-0.4, -0.2) is 25.0 Å². The molecular weight excluding hydrogens is 446 g/mol. The van der Waals surface area contributed by atoms with Crippen LogP contribution in [0.4, 0.5) is 0 Å². The Morgan fingerprint density at radius 2 is 1.71 bits per heavy atom. The summed E-state index contributed by atoms with van der Waals surface area (Å²) in [5.41, 5.74) is 1.43. The summed E-state index contributed by atoms with van der Waals surface area (Å²) in [7, 11) is 0. The van der Waals surface area contributed by atoms with Crippen molar-refractivity contribution in [2.45, 2.75) is 19.8 Å². The molecule has 0 unspecified atom stereocenters. The number of para-hydroxylation sites is 1. The van der Waals surface area contributed by atoms with E-state index in [1.165, 1.54) is 12.1 Å². The van der Waals surface area contributed by atoms with Crippen molar-refractivity contribution < 1.29 is 23.5 Å². The van der Waals surface area contributed by atoms with E-state index in [2.05, 4.69) is 5.32 Å². The van der Waals surface area contributed by atoms with Crippen molar-refractivity contribution >= 4 is 22.8 Å². The van der Waals surface area contributed by atoms with Crippen molar-refractivity contribution in [2.24, 2.45) is 0 Å². The summed E-state index contributed by atoms with van der Waals surface area (Å²) in [4.78, 5) is 37.1. The van der Waals surface area contributed by atoms with Crippen LogP contribution in [0.1, 0.15) is 28.4 Å². The molecule has 1 N–H and O–H groups in total. The molecule has 3 aromatic carbocycles. The molecular formula is C28H25NO6. The normalized spacial score (nSPS) is 10.7. The van der Waals surface area contributed by atoms with Crippen LogP contribution >= 0.6 is 0 Å². The molecule has 0 radical (unpaired) electrons. The van der Waals surface area contributed by atoms with Crippen LogP contribution in [-0.2, 0) is 17.6 Å². The largest absolute Gasteiger partial charge is 0.482 e. The van der Waals surface area contributed by atoms with E-state index >= 15 is 0 Å². The molecule has 0 atom stereocenters. The minimum atomic E-state index is -0.766. The maximum absolute atomic E-state index is 12.5. The Balaban J connectivity index is 1.38. The zero-order valence-electron chi connectivity index (χ0n) is 19.3. The standard InChI is InChI=1S/C28H25NO6/c1-2-20-10-6-7-11-24(20)33-18-26(30)34-22-13-12-21-16-23(28(32)35-25(21)17-22)27(31)29-15-14-19-8-4-3-5-9-19/h3-13,16-17H,2,14-15,18H2,1H3,(H,29,31). The number of carbonyl (C=O) groups is 2. The maximum Gasteiger partial charge on any atom is 0.349 e. The molecule has 0 saturated carbocycles. The van der Waals surface area contributed by atoms with Gasteiger partial charge in [0, 0.05) is 18.0 Å². The Kier molecular flexibility index (Phi) is 7.57. The molecule has 4 rings (SSSR count). The molecule has 7 nitrogen and oxygen atoms in total. The quantitative estimate of drug-likeness (QED) is 0.222. The first-order chi connectivity index (χ1) is 17.0. The van der Waals surface area contributed by atoms with Gasteiger partial charge in [-0.05, 0) is 48.2 Å². The first kappa shape index (κ1) is 23.8. The summed E-state index contributed by atoms with van der Waals surface area (Å²) in [6.45, 7) is 2.13. The summed E-state index contributed by atoms with van der Waals surface area (Å²) in [6, 6.07) is 23.3. The van der Waals surface area contributed by atoms with E-state index in [1.807, 2.05) is 55.5 Å². The fourth-order valence-electron chi connectivity index (χ4n) is 3.61. The second-order valence-electron chi connectivity index (χ2n) is 7.86. The summed E-state index contributed by atoms with van der Waals surface area (Å²) in [5.74, 6) is -0.257. The molecule has 0 spiro atoms. The van der Waals surface area contributed by atoms with Gasteiger partial charge >= 0.3 is 11.6 Å². The number of rotatable bonds is 9. The van der Waals surface area contributed by atoms with Crippen LogP contribution in [0.3, 0.4) is 0 Å². The summed E-state index contributed by atoms with van der Waals surface area (Å²) < 4.78 is 16.2. The van der Waals surface area contributed by atoms with E-state index in [1.54, 1.807) is 18.2 Å². The smallest absolute Gasteiger partial charge is 0.349 e. The second kappa shape index (κ2) is 11.2. The third-order valence-electron chi connectivity index (χ3n) is 5.42. The van der Waals surface area contributed by atoms with Gasteiger partial charge in [0.15, 0.2) is 6.61 Å². The fraction of sp³-hybridized carbons (Fsp3) is 0.179. The van der Waals surface area contributed by atoms with Crippen LogP contribution in [0.25, 0.3) is 11.0 Å². The van der Waals surface area contributed by atoms with Gasteiger partial charge < -0.3 is 19.2 Å². The summed E-state index contributed by atoms with van der Waals surface area (Å²) in [6.07, 6.45) is 1.43. The molecule has 1 heterocycles. The topological polar surface area (TPSA) is 94.8 Å². The van der Waals surface area contributed by atoms with E-state index in [9.17, 15) is 14.4 Å². The average molecular weight is 472 g/mol. The number of benzene rings is 3. The Labute approximate surface area is 202 Å². The Morgan fingerprint density at radius 1 is 0.943 bits per heavy atom. The highest BCUT2D eigenvalue weighted by Crippen LogP contribution is 2.22. The zero-order valence-corrected chi connectivity index (χ0v) is 19.3. The minimum Gasteiger partial charge on any atom is -0.482 e. The number of fused-ring (bicyclic) bond motifs is 1. The lowest BCUT2D eigenvalue weighted by molar-refractivity contribution is -0.136. The Bertz CT molecular complexity index is 1390. The van der Waals surface area contributed by atoms with Crippen molar-refractivity contribution in [3.8, 4) is 11.5 Å². The predicted molar refractivity (Wildman–Crippen MR) is 132 cm³/mol. The predicted octanol–water partition coefficient (Wildman–Crippen LogP) is 4.31. The van der Waals surface area contributed by atoms with Crippen LogP contribution in [0.5, 0.6) is 11.5 Å². The molecule has 178 valence electrons. The molecule has 7 heteroatoms. The van der Waals surface area contributed by atoms with Gasteiger partial charge in [-0.3, -0.25) is 4.79 Å². The highest BCUT2D eigenvalue weighted by atomic mass is 16.6. The number of hydrogen-bond donors (Lipinski definition) is 1. The maximum atomic E-state index is 12.5.